The van der Waals surface area contributed by atoms with E-state index in [4.69, 9.17) is 9.56 Å². The second-order valence-corrected chi connectivity index (χ2v) is 5.38. The summed E-state index contributed by atoms with van der Waals surface area (Å²) in [4.78, 5) is 3.90. The molecule has 18 heavy (non-hydrogen) atoms. The molecular formula is C11H13N3O3S. The molecule has 1 heterocycles. The van der Waals surface area contributed by atoms with Crippen LogP contribution < -0.4 is 10.5 Å². The second kappa shape index (κ2) is 4.79. The number of rotatable bonds is 4. The fourth-order valence-corrected chi connectivity index (χ4v) is 2.34. The zero-order chi connectivity index (χ0) is 13.2. The Hall–Kier alpha value is -1.86. The van der Waals surface area contributed by atoms with Gasteiger partial charge < -0.3 is 9.73 Å². The summed E-state index contributed by atoms with van der Waals surface area (Å²) in [5.41, 5.74) is 1.27. The van der Waals surface area contributed by atoms with E-state index in [1.807, 2.05) is 0 Å². The molecule has 0 fully saturated rings. The highest BCUT2D eigenvalue weighted by atomic mass is 32.2. The molecule has 1 aromatic carbocycles. The van der Waals surface area contributed by atoms with Crippen LogP contribution in [-0.4, -0.2) is 13.4 Å². The fraction of sp³-hybridized carbons (Fsp3) is 0.182. The number of nitrogens with zero attached hydrogens (tertiary/aromatic N) is 1. The third-order valence-corrected chi connectivity index (χ3v) is 3.50. The Bertz CT molecular complexity index is 636. The molecule has 96 valence electrons. The summed E-state index contributed by atoms with van der Waals surface area (Å²) in [6.45, 7) is 2.12. The van der Waals surface area contributed by atoms with Crippen molar-refractivity contribution in [2.24, 2.45) is 5.14 Å². The van der Waals surface area contributed by atoms with Crippen molar-refractivity contribution >= 4 is 15.7 Å². The Morgan fingerprint density at radius 2 is 2.22 bits per heavy atom. The third-order valence-electron chi connectivity index (χ3n) is 2.44. The molecular weight excluding hydrogens is 254 g/mol. The van der Waals surface area contributed by atoms with Gasteiger partial charge in [0.15, 0.2) is 6.39 Å². The molecule has 0 saturated heterocycles. The molecule has 0 aliphatic rings. The fourth-order valence-electron chi connectivity index (χ4n) is 1.54. The van der Waals surface area contributed by atoms with E-state index in [-0.39, 0.29) is 4.90 Å². The molecule has 0 atom stereocenters. The quantitative estimate of drug-likeness (QED) is 0.868. The van der Waals surface area contributed by atoms with Gasteiger partial charge in [-0.2, -0.15) is 0 Å². The predicted octanol–water partition coefficient (Wildman–Crippen LogP) is 1.24. The first-order valence-corrected chi connectivity index (χ1v) is 6.76. The molecule has 2 rings (SSSR count). The minimum atomic E-state index is -3.70. The average Bonchev–Trinajstić information content (AvgIpc) is 2.79. The summed E-state index contributed by atoms with van der Waals surface area (Å²) >= 11 is 0. The molecule has 0 aliphatic heterocycles. The number of oxazole rings is 1. The van der Waals surface area contributed by atoms with E-state index < -0.39 is 10.0 Å². The van der Waals surface area contributed by atoms with Crippen molar-refractivity contribution < 1.29 is 12.8 Å². The van der Waals surface area contributed by atoms with Crippen LogP contribution in [0.1, 0.15) is 11.3 Å². The lowest BCUT2D eigenvalue weighted by molar-refractivity contribution is 0.511. The number of benzene rings is 1. The molecule has 0 amide bonds. The van der Waals surface area contributed by atoms with Gasteiger partial charge in [0.1, 0.15) is 5.76 Å². The van der Waals surface area contributed by atoms with Crippen molar-refractivity contribution in [1.82, 2.24) is 4.98 Å². The van der Waals surface area contributed by atoms with E-state index in [0.717, 1.165) is 0 Å². The van der Waals surface area contributed by atoms with Crippen molar-refractivity contribution in [2.45, 2.75) is 18.4 Å². The molecule has 0 saturated carbocycles. The summed E-state index contributed by atoms with van der Waals surface area (Å²) < 4.78 is 27.8. The number of aromatic nitrogens is 1. The van der Waals surface area contributed by atoms with Crippen LogP contribution in [0.2, 0.25) is 0 Å². The zero-order valence-corrected chi connectivity index (χ0v) is 10.6. The van der Waals surface area contributed by atoms with Gasteiger partial charge in [0.25, 0.3) is 0 Å². The predicted molar refractivity (Wildman–Crippen MR) is 66.4 cm³/mol. The van der Waals surface area contributed by atoms with Crippen LogP contribution >= 0.6 is 0 Å². The van der Waals surface area contributed by atoms with Crippen LogP contribution in [0.25, 0.3) is 0 Å². The van der Waals surface area contributed by atoms with Crippen molar-refractivity contribution in [2.75, 3.05) is 5.32 Å². The van der Waals surface area contributed by atoms with Crippen molar-refractivity contribution in [3.8, 4) is 0 Å². The topological polar surface area (TPSA) is 98.2 Å². The van der Waals surface area contributed by atoms with Gasteiger partial charge in [-0.05, 0) is 24.6 Å². The van der Waals surface area contributed by atoms with Crippen LogP contribution in [0, 0.1) is 6.92 Å². The minimum Gasteiger partial charge on any atom is -0.447 e. The van der Waals surface area contributed by atoms with E-state index in [9.17, 15) is 8.42 Å². The van der Waals surface area contributed by atoms with Crippen molar-refractivity contribution in [1.29, 1.82) is 0 Å². The Labute approximate surface area is 105 Å². The van der Waals surface area contributed by atoms with Gasteiger partial charge in [0, 0.05) is 5.69 Å². The number of hydrogen-bond donors (Lipinski definition) is 2. The van der Waals surface area contributed by atoms with Crippen molar-refractivity contribution in [3.63, 3.8) is 0 Å². The Balaban J connectivity index is 2.20. The standard InChI is InChI=1S/C11H13N3O3S/c1-8-2-3-9(4-11(8)18(12,15)16)14-6-10-5-13-7-17-10/h2-5,7,14H,6H2,1H3,(H2,12,15,16). The normalized spacial score (nSPS) is 11.4. The van der Waals surface area contributed by atoms with Crippen LogP contribution in [-0.2, 0) is 16.6 Å². The van der Waals surface area contributed by atoms with E-state index >= 15 is 0 Å². The van der Waals surface area contributed by atoms with Gasteiger partial charge >= 0.3 is 0 Å². The highest BCUT2D eigenvalue weighted by Gasteiger charge is 2.12. The smallest absolute Gasteiger partial charge is 0.238 e. The molecule has 0 aliphatic carbocycles. The first-order valence-electron chi connectivity index (χ1n) is 5.21. The first kappa shape index (κ1) is 12.6. The largest absolute Gasteiger partial charge is 0.447 e. The SMILES string of the molecule is Cc1ccc(NCc2cnco2)cc1S(N)(=O)=O. The number of anilines is 1. The number of sulfonamides is 1. The summed E-state index contributed by atoms with van der Waals surface area (Å²) in [6, 6.07) is 4.98. The Morgan fingerprint density at radius 1 is 1.44 bits per heavy atom. The number of aryl methyl sites for hydroxylation is 1. The Kier molecular flexibility index (Phi) is 3.35. The highest BCUT2D eigenvalue weighted by molar-refractivity contribution is 7.89. The van der Waals surface area contributed by atoms with E-state index in [1.165, 1.54) is 12.5 Å². The van der Waals surface area contributed by atoms with Crippen molar-refractivity contribution in [3.05, 3.63) is 42.1 Å². The Morgan fingerprint density at radius 3 is 2.83 bits per heavy atom. The lowest BCUT2D eigenvalue weighted by Crippen LogP contribution is -2.14. The maximum absolute atomic E-state index is 11.4. The van der Waals surface area contributed by atoms with E-state index in [0.29, 0.717) is 23.6 Å². The molecule has 7 heteroatoms. The first-order chi connectivity index (χ1) is 8.47. The summed E-state index contributed by atoms with van der Waals surface area (Å²) in [5, 5.41) is 8.17. The number of nitrogens with two attached hydrogens (primary N) is 1. The summed E-state index contributed by atoms with van der Waals surface area (Å²) in [5.74, 6) is 0.660. The molecule has 0 spiro atoms. The van der Waals surface area contributed by atoms with Gasteiger partial charge in [0.2, 0.25) is 10.0 Å². The third kappa shape index (κ3) is 2.88. The molecule has 3 N–H and O–H groups in total. The van der Waals surface area contributed by atoms with Gasteiger partial charge in [0.05, 0.1) is 17.6 Å². The zero-order valence-electron chi connectivity index (χ0n) is 9.75. The lowest BCUT2D eigenvalue weighted by Gasteiger charge is -2.08. The van der Waals surface area contributed by atoms with Crippen LogP contribution in [0.3, 0.4) is 0 Å². The monoisotopic (exact) mass is 267 g/mol. The van der Waals surface area contributed by atoms with Gasteiger partial charge in [-0.1, -0.05) is 6.07 Å². The number of nitrogens with one attached hydrogen (secondary N) is 1. The molecule has 6 nitrogen and oxygen atoms in total. The number of hydrogen-bond acceptors (Lipinski definition) is 5. The maximum Gasteiger partial charge on any atom is 0.238 e. The van der Waals surface area contributed by atoms with Gasteiger partial charge in [-0.3, -0.25) is 0 Å². The van der Waals surface area contributed by atoms with Gasteiger partial charge in [-0.15, -0.1) is 0 Å². The molecule has 2 aromatic rings. The summed E-state index contributed by atoms with van der Waals surface area (Å²) in [7, 11) is -3.70. The van der Waals surface area contributed by atoms with Crippen LogP contribution in [0.5, 0.6) is 0 Å². The summed E-state index contributed by atoms with van der Waals surface area (Å²) in [6.07, 6.45) is 2.92. The minimum absolute atomic E-state index is 0.116. The molecule has 0 unspecified atom stereocenters. The van der Waals surface area contributed by atoms with Crippen LogP contribution in [0.4, 0.5) is 5.69 Å². The second-order valence-electron chi connectivity index (χ2n) is 3.85. The lowest BCUT2D eigenvalue weighted by atomic mass is 10.2. The van der Waals surface area contributed by atoms with Gasteiger partial charge in [-0.25, -0.2) is 18.5 Å². The number of primary sulfonamides is 1. The maximum atomic E-state index is 11.4. The molecule has 0 radical (unpaired) electrons. The molecule has 0 bridgehead atoms. The average molecular weight is 267 g/mol. The van der Waals surface area contributed by atoms with Crippen LogP contribution in [0.15, 0.2) is 40.1 Å². The highest BCUT2D eigenvalue weighted by Crippen LogP contribution is 2.19. The molecule has 1 aromatic heterocycles. The van der Waals surface area contributed by atoms with E-state index in [2.05, 4.69) is 10.3 Å². The van der Waals surface area contributed by atoms with E-state index in [1.54, 1.807) is 25.3 Å².